The van der Waals surface area contributed by atoms with Crippen molar-refractivity contribution in [1.29, 1.82) is 0 Å². The molecule has 1 unspecified atom stereocenters. The third kappa shape index (κ3) is 4.43. The van der Waals surface area contributed by atoms with Gasteiger partial charge in [0.2, 0.25) is 0 Å². The normalized spacial score (nSPS) is 11.2. The Morgan fingerprint density at radius 3 is 2.53 bits per heavy atom. The molecule has 0 saturated carbocycles. The lowest BCUT2D eigenvalue weighted by molar-refractivity contribution is -0.146. The van der Waals surface area contributed by atoms with Gasteiger partial charge in [-0.2, -0.15) is 0 Å². The molecule has 0 heterocycles. The molecule has 1 rings (SSSR count). The maximum Gasteiger partial charge on any atom is 0.325 e. The number of rotatable bonds is 5. The van der Waals surface area contributed by atoms with Gasteiger partial charge in [0.1, 0.15) is 6.54 Å². The fraction of sp³-hybridized carbons (Fsp3) is 0.357. The Balaban J connectivity index is 2.67. The standard InChI is InChI=1S/C14H16N2O3/c1-15-12(9-11-7-5-4-6-8-11)14(18)16(2)10-13(17)19-3/h4-8,12H,9-10H2,2-3H3. The zero-order valence-electron chi connectivity index (χ0n) is 11.0. The van der Waals surface area contributed by atoms with E-state index in [1.54, 1.807) is 0 Å². The molecule has 0 aromatic heterocycles. The summed E-state index contributed by atoms with van der Waals surface area (Å²) in [5, 5.41) is 0. The Morgan fingerprint density at radius 1 is 1.37 bits per heavy atom. The lowest BCUT2D eigenvalue weighted by atomic mass is 10.1. The fourth-order valence-corrected chi connectivity index (χ4v) is 1.62. The van der Waals surface area contributed by atoms with E-state index in [1.165, 1.54) is 19.1 Å². The molecule has 1 amide bonds. The first-order valence-corrected chi connectivity index (χ1v) is 5.80. The second kappa shape index (κ2) is 7.17. The van der Waals surface area contributed by atoms with Gasteiger partial charge in [-0.25, -0.2) is 6.57 Å². The van der Waals surface area contributed by atoms with Crippen LogP contribution in [0.3, 0.4) is 0 Å². The molecule has 5 heteroatoms. The van der Waals surface area contributed by atoms with Crippen LogP contribution in [0.2, 0.25) is 0 Å². The van der Waals surface area contributed by atoms with Crippen LogP contribution in [0.15, 0.2) is 30.3 Å². The molecule has 0 radical (unpaired) electrons. The molecular weight excluding hydrogens is 244 g/mol. The van der Waals surface area contributed by atoms with Gasteiger partial charge in [-0.3, -0.25) is 9.59 Å². The molecule has 19 heavy (non-hydrogen) atoms. The van der Waals surface area contributed by atoms with Crippen LogP contribution in [0, 0.1) is 6.57 Å². The van der Waals surface area contributed by atoms with Crippen LogP contribution < -0.4 is 0 Å². The molecule has 0 aliphatic heterocycles. The molecular formula is C14H16N2O3. The molecule has 1 atom stereocenters. The van der Waals surface area contributed by atoms with Gasteiger partial charge in [0.15, 0.2) is 0 Å². The van der Waals surface area contributed by atoms with E-state index in [-0.39, 0.29) is 12.5 Å². The van der Waals surface area contributed by atoms with Crippen molar-refractivity contribution in [3.05, 3.63) is 47.3 Å². The number of hydrogen-bond acceptors (Lipinski definition) is 3. The summed E-state index contributed by atoms with van der Waals surface area (Å²) >= 11 is 0. The van der Waals surface area contributed by atoms with Crippen molar-refractivity contribution in [2.75, 3.05) is 20.7 Å². The SMILES string of the molecule is [C-]#[N+]C(Cc1ccccc1)C(=O)N(C)CC(=O)OC. The van der Waals surface area contributed by atoms with Crippen LogP contribution in [0.4, 0.5) is 0 Å². The summed E-state index contributed by atoms with van der Waals surface area (Å²) in [5.41, 5.74) is 0.920. The maximum atomic E-state index is 12.0. The number of esters is 1. The molecule has 0 spiro atoms. The first-order valence-electron chi connectivity index (χ1n) is 5.80. The summed E-state index contributed by atoms with van der Waals surface area (Å²) < 4.78 is 4.49. The summed E-state index contributed by atoms with van der Waals surface area (Å²) in [6, 6.07) is 8.52. The highest BCUT2D eigenvalue weighted by atomic mass is 16.5. The van der Waals surface area contributed by atoms with E-state index < -0.39 is 12.0 Å². The smallest absolute Gasteiger partial charge is 0.325 e. The fourth-order valence-electron chi connectivity index (χ4n) is 1.62. The van der Waals surface area contributed by atoms with E-state index in [9.17, 15) is 9.59 Å². The van der Waals surface area contributed by atoms with Gasteiger partial charge in [0, 0.05) is 7.05 Å². The largest absolute Gasteiger partial charge is 0.468 e. The van der Waals surface area contributed by atoms with E-state index in [0.29, 0.717) is 6.42 Å². The molecule has 1 aromatic carbocycles. The third-order valence-corrected chi connectivity index (χ3v) is 2.68. The van der Waals surface area contributed by atoms with E-state index in [4.69, 9.17) is 6.57 Å². The lowest BCUT2D eigenvalue weighted by Gasteiger charge is -2.16. The first-order chi connectivity index (χ1) is 9.08. The number of amides is 1. The van der Waals surface area contributed by atoms with E-state index in [0.717, 1.165) is 5.56 Å². The van der Waals surface area contributed by atoms with Crippen LogP contribution in [0.5, 0.6) is 0 Å². The van der Waals surface area contributed by atoms with Gasteiger partial charge < -0.3 is 14.5 Å². The average Bonchev–Trinajstić information content (AvgIpc) is 2.44. The third-order valence-electron chi connectivity index (χ3n) is 2.68. The number of methoxy groups -OCH3 is 1. The highest BCUT2D eigenvalue weighted by Crippen LogP contribution is 2.08. The topological polar surface area (TPSA) is 51.0 Å². The average molecular weight is 260 g/mol. The van der Waals surface area contributed by atoms with Gasteiger partial charge in [0.05, 0.1) is 13.5 Å². The lowest BCUT2D eigenvalue weighted by Crippen LogP contribution is -2.39. The number of nitrogens with zero attached hydrogens (tertiary/aromatic N) is 2. The van der Waals surface area contributed by atoms with Gasteiger partial charge in [-0.05, 0) is 5.56 Å². The Hall–Kier alpha value is -2.35. The number of likely N-dealkylation sites (N-methyl/N-ethyl adjacent to an activating group) is 1. The monoisotopic (exact) mass is 260 g/mol. The van der Waals surface area contributed by atoms with Crippen molar-refractivity contribution >= 4 is 11.9 Å². The van der Waals surface area contributed by atoms with Gasteiger partial charge in [-0.1, -0.05) is 30.3 Å². The summed E-state index contributed by atoms with van der Waals surface area (Å²) in [7, 11) is 2.75. The summed E-state index contributed by atoms with van der Waals surface area (Å²) in [6.45, 7) is 6.98. The molecule has 1 aromatic rings. The van der Waals surface area contributed by atoms with E-state index in [1.807, 2.05) is 30.3 Å². The Labute approximate surface area is 112 Å². The van der Waals surface area contributed by atoms with Crippen LogP contribution in [0.25, 0.3) is 4.85 Å². The molecule has 5 nitrogen and oxygen atoms in total. The highest BCUT2D eigenvalue weighted by molar-refractivity contribution is 5.87. The predicted molar refractivity (Wildman–Crippen MR) is 70.2 cm³/mol. The Bertz CT molecular complexity index is 479. The number of hydrogen-bond donors (Lipinski definition) is 0. The highest BCUT2D eigenvalue weighted by Gasteiger charge is 2.28. The first kappa shape index (κ1) is 14.7. The second-order valence-corrected chi connectivity index (χ2v) is 4.11. The zero-order chi connectivity index (χ0) is 14.3. The maximum absolute atomic E-state index is 12.0. The van der Waals surface area contributed by atoms with Crippen molar-refractivity contribution in [1.82, 2.24) is 4.90 Å². The number of benzene rings is 1. The van der Waals surface area contributed by atoms with Crippen molar-refractivity contribution in [2.45, 2.75) is 12.5 Å². The van der Waals surface area contributed by atoms with Gasteiger partial charge >= 0.3 is 17.9 Å². The van der Waals surface area contributed by atoms with Crippen molar-refractivity contribution < 1.29 is 14.3 Å². The quantitative estimate of drug-likeness (QED) is 0.589. The second-order valence-electron chi connectivity index (χ2n) is 4.11. The van der Waals surface area contributed by atoms with Crippen molar-refractivity contribution in [3.8, 4) is 0 Å². The minimum atomic E-state index is -0.808. The van der Waals surface area contributed by atoms with Gasteiger partial charge in [-0.15, -0.1) is 0 Å². The van der Waals surface area contributed by atoms with E-state index in [2.05, 4.69) is 9.58 Å². The molecule has 0 N–H and O–H groups in total. The molecule has 0 aliphatic rings. The Kier molecular flexibility index (Phi) is 5.55. The molecule has 100 valence electrons. The van der Waals surface area contributed by atoms with Crippen molar-refractivity contribution in [2.24, 2.45) is 0 Å². The zero-order valence-corrected chi connectivity index (χ0v) is 11.0. The molecule has 0 bridgehead atoms. The van der Waals surface area contributed by atoms with Crippen LogP contribution in [-0.4, -0.2) is 43.5 Å². The van der Waals surface area contributed by atoms with Crippen LogP contribution in [0.1, 0.15) is 5.56 Å². The summed E-state index contributed by atoms with van der Waals surface area (Å²) in [5.74, 6) is -0.872. The van der Waals surface area contributed by atoms with Gasteiger partial charge in [0.25, 0.3) is 0 Å². The van der Waals surface area contributed by atoms with E-state index >= 15 is 0 Å². The predicted octanol–water partition coefficient (Wildman–Crippen LogP) is 1.15. The molecule has 0 aliphatic carbocycles. The minimum Gasteiger partial charge on any atom is -0.468 e. The molecule has 0 saturated heterocycles. The number of carbonyl (C=O) groups is 2. The number of ether oxygens (including phenoxy) is 1. The summed E-state index contributed by atoms with van der Waals surface area (Å²) in [6.07, 6.45) is 0.342. The van der Waals surface area contributed by atoms with Crippen molar-refractivity contribution in [3.63, 3.8) is 0 Å². The van der Waals surface area contributed by atoms with Crippen LogP contribution in [-0.2, 0) is 20.7 Å². The number of carbonyl (C=O) groups excluding carboxylic acids is 2. The summed E-state index contributed by atoms with van der Waals surface area (Å²) in [4.78, 5) is 27.7. The minimum absolute atomic E-state index is 0.143. The Morgan fingerprint density at radius 2 is 2.00 bits per heavy atom. The molecule has 0 fully saturated rings. The van der Waals surface area contributed by atoms with Crippen LogP contribution >= 0.6 is 0 Å².